The summed E-state index contributed by atoms with van der Waals surface area (Å²) in [6.07, 6.45) is -4.50. The summed E-state index contributed by atoms with van der Waals surface area (Å²) in [5, 5.41) is 5.94. The number of halogens is 5. The summed E-state index contributed by atoms with van der Waals surface area (Å²) in [6, 6.07) is 3.04. The minimum Gasteiger partial charge on any atom is -0.382 e. The number of nitrogens with one attached hydrogen (secondary N) is 1. The molecule has 3 nitrogen and oxygen atoms in total. The van der Waals surface area contributed by atoms with E-state index in [1.807, 2.05) is 0 Å². The minimum atomic E-state index is -4.50. The molecule has 1 heterocycles. The van der Waals surface area contributed by atoms with E-state index >= 15 is 0 Å². The van der Waals surface area contributed by atoms with E-state index in [2.05, 4.69) is 10.2 Å². The number of anilines is 1. The first kappa shape index (κ1) is 13.0. The van der Waals surface area contributed by atoms with E-state index in [1.165, 1.54) is 6.07 Å². The Kier molecular flexibility index (Phi) is 3.16. The zero-order valence-corrected chi connectivity index (χ0v) is 10.2. The fraction of sp³-hybridized carbons (Fsp3) is 0.100. The average molecular weight is 296 g/mol. The Morgan fingerprint density at radius 3 is 2.06 bits per heavy atom. The van der Waals surface area contributed by atoms with E-state index in [4.69, 9.17) is 28.9 Å². The molecule has 0 aliphatic carbocycles. The third-order valence-electron chi connectivity index (χ3n) is 2.24. The summed E-state index contributed by atoms with van der Waals surface area (Å²) in [4.78, 5) is 0. The van der Waals surface area contributed by atoms with Crippen LogP contribution in [0.3, 0.4) is 0 Å². The highest BCUT2D eigenvalue weighted by Crippen LogP contribution is 2.40. The lowest BCUT2D eigenvalue weighted by molar-refractivity contribution is -0.137. The van der Waals surface area contributed by atoms with E-state index in [0.29, 0.717) is 5.69 Å². The van der Waals surface area contributed by atoms with Gasteiger partial charge in [-0.25, -0.2) is 0 Å². The lowest BCUT2D eigenvalue weighted by atomic mass is 10.1. The van der Waals surface area contributed by atoms with Crippen molar-refractivity contribution in [1.82, 2.24) is 10.2 Å². The molecule has 0 saturated carbocycles. The Morgan fingerprint density at radius 2 is 1.67 bits per heavy atom. The third kappa shape index (κ3) is 2.39. The Bertz CT molecular complexity index is 569. The number of alkyl halides is 3. The molecule has 0 aliphatic rings. The van der Waals surface area contributed by atoms with E-state index in [-0.39, 0.29) is 21.4 Å². The first-order valence-electron chi connectivity index (χ1n) is 4.66. The minimum absolute atomic E-state index is 0.126. The first-order valence-corrected chi connectivity index (χ1v) is 5.42. The zero-order valence-electron chi connectivity index (χ0n) is 8.65. The number of hydrogen-bond acceptors (Lipinski definition) is 2. The Labute approximate surface area is 110 Å². The fourth-order valence-corrected chi connectivity index (χ4v) is 2.15. The van der Waals surface area contributed by atoms with Crippen molar-refractivity contribution in [3.8, 4) is 11.3 Å². The molecule has 96 valence electrons. The molecule has 0 aliphatic heterocycles. The van der Waals surface area contributed by atoms with Crippen molar-refractivity contribution in [2.75, 3.05) is 5.73 Å². The highest BCUT2D eigenvalue weighted by molar-refractivity contribution is 6.39. The van der Waals surface area contributed by atoms with Crippen LogP contribution in [0.4, 0.5) is 19.0 Å². The van der Waals surface area contributed by atoms with Gasteiger partial charge >= 0.3 is 6.18 Å². The first-order chi connectivity index (χ1) is 8.29. The molecular weight excluding hydrogens is 290 g/mol. The predicted molar refractivity (Wildman–Crippen MR) is 63.5 cm³/mol. The number of aromatic nitrogens is 2. The normalized spacial score (nSPS) is 11.8. The van der Waals surface area contributed by atoms with Crippen molar-refractivity contribution < 1.29 is 13.2 Å². The topological polar surface area (TPSA) is 54.7 Å². The van der Waals surface area contributed by atoms with Crippen LogP contribution in [0.15, 0.2) is 18.2 Å². The van der Waals surface area contributed by atoms with Crippen molar-refractivity contribution in [2.24, 2.45) is 0 Å². The number of nitrogen functional groups attached to an aromatic ring is 1. The summed E-state index contributed by atoms with van der Waals surface area (Å²) < 4.78 is 37.6. The number of H-pyrrole nitrogens is 1. The van der Waals surface area contributed by atoms with Gasteiger partial charge in [0, 0.05) is 11.6 Å². The number of nitrogens with zero attached hydrogens (tertiary/aromatic N) is 1. The van der Waals surface area contributed by atoms with Crippen LogP contribution in [0, 0.1) is 0 Å². The molecule has 0 saturated heterocycles. The fourth-order valence-electron chi connectivity index (χ4n) is 1.46. The second kappa shape index (κ2) is 4.37. The highest BCUT2D eigenvalue weighted by atomic mass is 35.5. The van der Waals surface area contributed by atoms with Crippen LogP contribution >= 0.6 is 23.2 Å². The van der Waals surface area contributed by atoms with Crippen molar-refractivity contribution in [3.05, 3.63) is 33.8 Å². The van der Waals surface area contributed by atoms with Gasteiger partial charge in [0.05, 0.1) is 21.3 Å². The van der Waals surface area contributed by atoms with Gasteiger partial charge in [0.15, 0.2) is 0 Å². The molecule has 3 N–H and O–H groups in total. The maximum atomic E-state index is 12.5. The number of rotatable bonds is 1. The maximum absolute atomic E-state index is 12.5. The summed E-state index contributed by atoms with van der Waals surface area (Å²) in [5.74, 6) is 0.192. The molecule has 2 rings (SSSR count). The summed E-state index contributed by atoms with van der Waals surface area (Å²) in [7, 11) is 0. The Hall–Kier alpha value is -1.40. The van der Waals surface area contributed by atoms with Crippen LogP contribution in [0.25, 0.3) is 11.3 Å². The van der Waals surface area contributed by atoms with E-state index < -0.39 is 11.7 Å². The standard InChI is InChI=1S/C10H6Cl2F3N3/c11-5-1-4(10(13,14)15)2-6(12)9(5)7-3-8(16)18-17-7/h1-3H,(H3,16,17,18). The maximum Gasteiger partial charge on any atom is 0.416 e. The molecule has 0 fully saturated rings. The van der Waals surface area contributed by atoms with Gasteiger partial charge in [0.25, 0.3) is 0 Å². The SMILES string of the molecule is Nc1cc(-c2c(Cl)cc(C(F)(F)F)cc2Cl)[nH]n1. The second-order valence-corrected chi connectivity index (χ2v) is 4.33. The van der Waals surface area contributed by atoms with Gasteiger partial charge in [0.2, 0.25) is 0 Å². The van der Waals surface area contributed by atoms with Crippen LogP contribution in [-0.4, -0.2) is 10.2 Å². The van der Waals surface area contributed by atoms with Crippen molar-refractivity contribution >= 4 is 29.0 Å². The van der Waals surface area contributed by atoms with E-state index in [1.54, 1.807) is 0 Å². The lowest BCUT2D eigenvalue weighted by Gasteiger charge is -2.11. The van der Waals surface area contributed by atoms with Gasteiger partial charge in [-0.3, -0.25) is 5.10 Å². The number of hydrogen-bond donors (Lipinski definition) is 2. The quantitative estimate of drug-likeness (QED) is 0.836. The Balaban J connectivity index is 2.58. The van der Waals surface area contributed by atoms with E-state index in [0.717, 1.165) is 12.1 Å². The largest absolute Gasteiger partial charge is 0.416 e. The molecule has 2 aromatic rings. The molecule has 1 aromatic heterocycles. The number of benzene rings is 1. The van der Waals surface area contributed by atoms with Gasteiger partial charge in [-0.2, -0.15) is 18.3 Å². The van der Waals surface area contributed by atoms with Crippen LogP contribution in [-0.2, 0) is 6.18 Å². The predicted octanol–water partition coefficient (Wildman–Crippen LogP) is 3.98. The van der Waals surface area contributed by atoms with Crippen molar-refractivity contribution in [2.45, 2.75) is 6.18 Å². The lowest BCUT2D eigenvalue weighted by Crippen LogP contribution is -2.05. The van der Waals surface area contributed by atoms with Crippen LogP contribution in [0.2, 0.25) is 10.0 Å². The summed E-state index contributed by atoms with van der Waals surface area (Å²) in [5.41, 5.74) is 5.09. The molecule has 1 aromatic carbocycles. The van der Waals surface area contributed by atoms with E-state index in [9.17, 15) is 13.2 Å². The number of nitrogens with two attached hydrogens (primary N) is 1. The summed E-state index contributed by atoms with van der Waals surface area (Å²) >= 11 is 11.6. The van der Waals surface area contributed by atoms with Gasteiger partial charge < -0.3 is 5.73 Å². The average Bonchev–Trinajstić information content (AvgIpc) is 2.62. The third-order valence-corrected chi connectivity index (χ3v) is 2.83. The molecule has 8 heteroatoms. The monoisotopic (exact) mass is 295 g/mol. The highest BCUT2D eigenvalue weighted by Gasteiger charge is 2.32. The van der Waals surface area contributed by atoms with Gasteiger partial charge in [-0.05, 0) is 12.1 Å². The van der Waals surface area contributed by atoms with Crippen LogP contribution in [0.5, 0.6) is 0 Å². The van der Waals surface area contributed by atoms with Crippen molar-refractivity contribution in [1.29, 1.82) is 0 Å². The van der Waals surface area contributed by atoms with Crippen molar-refractivity contribution in [3.63, 3.8) is 0 Å². The molecule has 0 atom stereocenters. The molecule has 0 radical (unpaired) electrons. The molecule has 0 amide bonds. The summed E-state index contributed by atoms with van der Waals surface area (Å²) in [6.45, 7) is 0. The molecule has 0 unspecified atom stereocenters. The molecule has 18 heavy (non-hydrogen) atoms. The second-order valence-electron chi connectivity index (χ2n) is 3.52. The van der Waals surface area contributed by atoms with Gasteiger partial charge in [-0.1, -0.05) is 23.2 Å². The van der Waals surface area contributed by atoms with Gasteiger partial charge in [-0.15, -0.1) is 0 Å². The molecule has 0 spiro atoms. The molecular formula is C10H6Cl2F3N3. The van der Waals surface area contributed by atoms with Crippen LogP contribution < -0.4 is 5.73 Å². The van der Waals surface area contributed by atoms with Gasteiger partial charge in [0.1, 0.15) is 5.82 Å². The Morgan fingerprint density at radius 1 is 1.11 bits per heavy atom. The van der Waals surface area contributed by atoms with Crippen LogP contribution in [0.1, 0.15) is 5.56 Å². The number of aromatic amines is 1. The molecule has 0 bridgehead atoms. The smallest absolute Gasteiger partial charge is 0.382 e. The zero-order chi connectivity index (χ0) is 13.5.